The van der Waals surface area contributed by atoms with E-state index in [-0.39, 0.29) is 21.2 Å². The maximum absolute atomic E-state index is 11.9. The Balaban J connectivity index is 2.95. The molecule has 1 aromatic heterocycles. The largest absolute Gasteiger partial charge is 0.443 e. The molecule has 1 heterocycles. The molecule has 8 heteroatoms. The van der Waals surface area contributed by atoms with Gasteiger partial charge in [0.2, 0.25) is 10.0 Å². The number of hydrogen-bond donors (Lipinski definition) is 1. The van der Waals surface area contributed by atoms with Crippen molar-refractivity contribution in [3.8, 4) is 0 Å². The minimum atomic E-state index is -3.90. The van der Waals surface area contributed by atoms with Crippen LogP contribution in [0.3, 0.4) is 0 Å². The molecule has 0 aromatic carbocycles. The fourth-order valence-electron chi connectivity index (χ4n) is 1.34. The summed E-state index contributed by atoms with van der Waals surface area (Å²) in [5.74, 6) is -0.427. The van der Waals surface area contributed by atoms with Gasteiger partial charge in [-0.15, -0.1) is 0 Å². The molecular weight excluding hydrogens is 324 g/mol. The van der Waals surface area contributed by atoms with Crippen LogP contribution >= 0.6 is 15.9 Å². The number of primary sulfonamides is 1. The highest BCUT2D eigenvalue weighted by Crippen LogP contribution is 2.25. The molecule has 102 valence electrons. The van der Waals surface area contributed by atoms with Crippen LogP contribution in [0.5, 0.6) is 0 Å². The normalized spacial score (nSPS) is 11.6. The van der Waals surface area contributed by atoms with E-state index in [4.69, 9.17) is 9.56 Å². The third-order valence-electron chi connectivity index (χ3n) is 2.37. The number of furan rings is 1. The smallest absolute Gasteiger partial charge is 0.289 e. The predicted octanol–water partition coefficient (Wildman–Crippen LogP) is 1.56. The molecule has 0 atom stereocenters. The Labute approximate surface area is 114 Å². The van der Waals surface area contributed by atoms with Gasteiger partial charge in [-0.3, -0.25) is 4.79 Å². The molecule has 0 aliphatic heterocycles. The number of halogens is 1. The van der Waals surface area contributed by atoms with Crippen molar-refractivity contribution in [2.45, 2.75) is 24.7 Å². The van der Waals surface area contributed by atoms with Crippen LogP contribution in [0.25, 0.3) is 0 Å². The Morgan fingerprint density at radius 2 is 2.17 bits per heavy atom. The van der Waals surface area contributed by atoms with Gasteiger partial charge in [0.05, 0.1) is 0 Å². The molecule has 0 saturated heterocycles. The van der Waals surface area contributed by atoms with Crippen molar-refractivity contribution in [3.63, 3.8) is 0 Å². The Hall–Kier alpha value is -0.860. The third-order valence-corrected chi connectivity index (χ3v) is 4.13. The minimum absolute atomic E-state index is 0.0514. The number of unbranched alkanes of at least 4 members (excludes halogenated alkanes) is 1. The summed E-state index contributed by atoms with van der Waals surface area (Å²) in [4.78, 5) is 13.2. The van der Waals surface area contributed by atoms with Crippen molar-refractivity contribution < 1.29 is 17.6 Å². The predicted molar refractivity (Wildman–Crippen MR) is 69.6 cm³/mol. The zero-order valence-electron chi connectivity index (χ0n) is 10.1. The molecule has 0 radical (unpaired) electrons. The second-order valence-corrected chi connectivity index (χ2v) is 6.12. The lowest BCUT2D eigenvalue weighted by molar-refractivity contribution is 0.0760. The summed E-state index contributed by atoms with van der Waals surface area (Å²) in [5, 5.41) is 4.98. The molecule has 1 aromatic rings. The molecule has 0 spiro atoms. The highest BCUT2D eigenvalue weighted by atomic mass is 79.9. The van der Waals surface area contributed by atoms with Gasteiger partial charge in [-0.05, 0) is 22.4 Å². The molecule has 1 rings (SSSR count). The van der Waals surface area contributed by atoms with Gasteiger partial charge < -0.3 is 9.32 Å². The second kappa shape index (κ2) is 5.85. The zero-order chi connectivity index (χ0) is 13.9. The van der Waals surface area contributed by atoms with Crippen LogP contribution in [0.2, 0.25) is 0 Å². The second-order valence-electron chi connectivity index (χ2n) is 3.87. The SMILES string of the molecule is CCCCN(C)C(=O)c1cc(S(N)(=O)=O)c(Br)o1. The lowest BCUT2D eigenvalue weighted by atomic mass is 10.3. The summed E-state index contributed by atoms with van der Waals surface area (Å²) in [7, 11) is -2.27. The standard InChI is InChI=1S/C10H15BrN2O4S/c1-3-4-5-13(2)10(14)7-6-8(9(11)17-7)18(12,15)16/h6H,3-5H2,1-2H3,(H2,12,15,16). The molecule has 0 saturated carbocycles. The first-order valence-corrected chi connectivity index (χ1v) is 7.69. The van der Waals surface area contributed by atoms with Crippen LogP contribution in [-0.4, -0.2) is 32.8 Å². The van der Waals surface area contributed by atoms with Crippen LogP contribution in [0.15, 0.2) is 20.0 Å². The molecule has 0 bridgehead atoms. The maximum Gasteiger partial charge on any atom is 0.289 e. The van der Waals surface area contributed by atoms with E-state index >= 15 is 0 Å². The zero-order valence-corrected chi connectivity index (χ0v) is 12.5. The Morgan fingerprint density at radius 1 is 1.56 bits per heavy atom. The number of hydrogen-bond acceptors (Lipinski definition) is 4. The molecule has 0 aliphatic rings. The van der Waals surface area contributed by atoms with Gasteiger partial charge in [-0.2, -0.15) is 0 Å². The summed E-state index contributed by atoms with van der Waals surface area (Å²) in [6.07, 6.45) is 1.83. The summed E-state index contributed by atoms with van der Waals surface area (Å²) in [6, 6.07) is 1.13. The molecular formula is C10H15BrN2O4S. The van der Waals surface area contributed by atoms with E-state index in [1.165, 1.54) is 4.90 Å². The van der Waals surface area contributed by atoms with Gasteiger partial charge in [0, 0.05) is 19.7 Å². The average molecular weight is 339 g/mol. The number of nitrogens with zero attached hydrogens (tertiary/aromatic N) is 1. The Morgan fingerprint density at radius 3 is 2.61 bits per heavy atom. The summed E-state index contributed by atoms with van der Waals surface area (Å²) in [6.45, 7) is 2.60. The van der Waals surface area contributed by atoms with Crippen molar-refractivity contribution >= 4 is 31.9 Å². The Bertz CT molecular complexity index is 538. The molecule has 18 heavy (non-hydrogen) atoms. The highest BCUT2D eigenvalue weighted by Gasteiger charge is 2.23. The first-order chi connectivity index (χ1) is 8.27. The van der Waals surface area contributed by atoms with Crippen LogP contribution in [0.1, 0.15) is 30.3 Å². The maximum atomic E-state index is 11.9. The number of sulfonamides is 1. The number of carbonyl (C=O) groups excluding carboxylic acids is 1. The van der Waals surface area contributed by atoms with Crippen LogP contribution in [0, 0.1) is 0 Å². The third kappa shape index (κ3) is 3.56. The highest BCUT2D eigenvalue weighted by molar-refractivity contribution is 9.10. The van der Waals surface area contributed by atoms with Crippen molar-refractivity contribution in [2.24, 2.45) is 5.14 Å². The number of nitrogens with two attached hydrogens (primary N) is 1. The van der Waals surface area contributed by atoms with Crippen molar-refractivity contribution in [1.29, 1.82) is 0 Å². The molecule has 1 amide bonds. The van der Waals surface area contributed by atoms with Gasteiger partial charge in [-0.25, -0.2) is 13.6 Å². The number of amides is 1. The molecule has 2 N–H and O–H groups in total. The van der Waals surface area contributed by atoms with Crippen LogP contribution in [-0.2, 0) is 10.0 Å². The molecule has 0 unspecified atom stereocenters. The quantitative estimate of drug-likeness (QED) is 0.881. The van der Waals surface area contributed by atoms with E-state index in [0.717, 1.165) is 18.9 Å². The van der Waals surface area contributed by atoms with Gasteiger partial charge in [0.25, 0.3) is 5.91 Å². The lowest BCUT2D eigenvalue weighted by Crippen LogP contribution is -2.27. The van der Waals surface area contributed by atoms with E-state index in [1.54, 1.807) is 7.05 Å². The first kappa shape index (κ1) is 15.2. The molecule has 0 fully saturated rings. The van der Waals surface area contributed by atoms with E-state index in [0.29, 0.717) is 6.54 Å². The van der Waals surface area contributed by atoms with Gasteiger partial charge >= 0.3 is 0 Å². The fraction of sp³-hybridized carbons (Fsp3) is 0.500. The van der Waals surface area contributed by atoms with E-state index < -0.39 is 10.0 Å². The van der Waals surface area contributed by atoms with Gasteiger partial charge in [0.1, 0.15) is 4.90 Å². The fourth-order valence-corrected chi connectivity index (χ4v) is 2.84. The van der Waals surface area contributed by atoms with E-state index in [1.807, 2.05) is 6.92 Å². The van der Waals surface area contributed by atoms with Gasteiger partial charge in [0.15, 0.2) is 10.4 Å². The minimum Gasteiger partial charge on any atom is -0.443 e. The lowest BCUT2D eigenvalue weighted by Gasteiger charge is -2.14. The number of carbonyl (C=O) groups is 1. The Kier molecular flexibility index (Phi) is 4.94. The van der Waals surface area contributed by atoms with Crippen LogP contribution < -0.4 is 5.14 Å². The first-order valence-electron chi connectivity index (χ1n) is 5.35. The number of rotatable bonds is 5. The molecule has 6 nitrogen and oxygen atoms in total. The monoisotopic (exact) mass is 338 g/mol. The molecule has 0 aliphatic carbocycles. The van der Waals surface area contributed by atoms with E-state index in [9.17, 15) is 13.2 Å². The van der Waals surface area contributed by atoms with Crippen molar-refractivity contribution in [1.82, 2.24) is 4.90 Å². The van der Waals surface area contributed by atoms with Crippen molar-refractivity contribution in [3.05, 3.63) is 16.5 Å². The summed E-state index contributed by atoms with van der Waals surface area (Å²) in [5.41, 5.74) is 0. The average Bonchev–Trinajstić information content (AvgIpc) is 2.66. The summed E-state index contributed by atoms with van der Waals surface area (Å²) < 4.78 is 27.4. The topological polar surface area (TPSA) is 93.6 Å². The van der Waals surface area contributed by atoms with Gasteiger partial charge in [-0.1, -0.05) is 13.3 Å². The summed E-state index contributed by atoms with van der Waals surface area (Å²) >= 11 is 2.93. The van der Waals surface area contributed by atoms with E-state index in [2.05, 4.69) is 15.9 Å². The van der Waals surface area contributed by atoms with Crippen LogP contribution in [0.4, 0.5) is 0 Å². The van der Waals surface area contributed by atoms with Crippen molar-refractivity contribution in [2.75, 3.05) is 13.6 Å².